The number of non-ortho nitro benzene ring substituents is 1. The van der Waals surface area contributed by atoms with E-state index in [2.05, 4.69) is 5.32 Å². The Morgan fingerprint density at radius 1 is 1.35 bits per heavy atom. The Balaban J connectivity index is 2.18. The molecule has 9 heteroatoms. The summed E-state index contributed by atoms with van der Waals surface area (Å²) < 4.78 is 5.06. The van der Waals surface area contributed by atoms with Gasteiger partial charge in [0, 0.05) is 25.6 Å². The van der Waals surface area contributed by atoms with Crippen molar-refractivity contribution in [2.24, 2.45) is 0 Å². The number of hydrogen-bond acceptors (Lipinski definition) is 7. The molecule has 1 aromatic carbocycles. The molecule has 20 heavy (non-hydrogen) atoms. The van der Waals surface area contributed by atoms with Gasteiger partial charge in [0.15, 0.2) is 0 Å². The normalized spacial score (nSPS) is 21.6. The molecule has 9 nitrogen and oxygen atoms in total. The summed E-state index contributed by atoms with van der Waals surface area (Å²) in [5, 5.41) is 34.3. The highest BCUT2D eigenvalue weighted by molar-refractivity contribution is 5.65. The van der Waals surface area contributed by atoms with E-state index in [1.54, 1.807) is 0 Å². The molecule has 0 aliphatic carbocycles. The van der Waals surface area contributed by atoms with E-state index < -0.39 is 21.1 Å². The number of anilines is 1. The van der Waals surface area contributed by atoms with E-state index in [1.807, 2.05) is 0 Å². The molecule has 0 saturated carbocycles. The fourth-order valence-electron chi connectivity index (χ4n) is 1.93. The molecule has 0 radical (unpaired) electrons. The van der Waals surface area contributed by atoms with Gasteiger partial charge in [0.2, 0.25) is 0 Å². The minimum atomic E-state index is -1.07. The van der Waals surface area contributed by atoms with Gasteiger partial charge in [-0.25, -0.2) is 0 Å². The van der Waals surface area contributed by atoms with E-state index in [9.17, 15) is 25.3 Å². The highest BCUT2D eigenvalue weighted by atomic mass is 16.6. The summed E-state index contributed by atoms with van der Waals surface area (Å²) in [4.78, 5) is 20.1. The van der Waals surface area contributed by atoms with Crippen molar-refractivity contribution in [2.75, 3.05) is 25.1 Å². The lowest BCUT2D eigenvalue weighted by atomic mass is 10.0. The molecule has 1 atom stereocenters. The van der Waals surface area contributed by atoms with E-state index in [1.165, 1.54) is 12.1 Å². The zero-order valence-corrected chi connectivity index (χ0v) is 10.4. The maximum absolute atomic E-state index is 10.9. The lowest BCUT2D eigenvalue weighted by Gasteiger charge is -2.21. The van der Waals surface area contributed by atoms with Crippen LogP contribution < -0.4 is 5.32 Å². The Labute approximate surface area is 113 Å². The Morgan fingerprint density at radius 2 is 2.10 bits per heavy atom. The molecule has 0 bridgehead atoms. The van der Waals surface area contributed by atoms with E-state index in [0.29, 0.717) is 13.0 Å². The first-order chi connectivity index (χ1) is 9.41. The average Bonchev–Trinajstić information content (AvgIpc) is 2.83. The van der Waals surface area contributed by atoms with Crippen LogP contribution in [0.4, 0.5) is 17.1 Å². The SMILES string of the molecule is O=[N+]([O-])c1ccc(NCC2(O)CCOC2)c([N+](=O)[O-])c1. The van der Waals surface area contributed by atoms with Gasteiger partial charge in [0.05, 0.1) is 22.5 Å². The summed E-state index contributed by atoms with van der Waals surface area (Å²) in [7, 11) is 0. The number of aliphatic hydroxyl groups is 1. The van der Waals surface area contributed by atoms with Crippen molar-refractivity contribution in [3.8, 4) is 0 Å². The lowest BCUT2D eigenvalue weighted by Crippen LogP contribution is -2.37. The number of rotatable bonds is 5. The second-order valence-corrected chi connectivity index (χ2v) is 4.60. The third-order valence-electron chi connectivity index (χ3n) is 3.08. The monoisotopic (exact) mass is 283 g/mol. The van der Waals surface area contributed by atoms with Crippen LogP contribution in [0.3, 0.4) is 0 Å². The lowest BCUT2D eigenvalue weighted by molar-refractivity contribution is -0.393. The molecule has 0 spiro atoms. The summed E-state index contributed by atoms with van der Waals surface area (Å²) in [6.45, 7) is 0.660. The molecule has 1 saturated heterocycles. The molecule has 1 aliphatic heterocycles. The minimum absolute atomic E-state index is 0.0751. The van der Waals surface area contributed by atoms with Crippen LogP contribution in [0.5, 0.6) is 0 Å². The van der Waals surface area contributed by atoms with Crippen LogP contribution in [0.25, 0.3) is 0 Å². The van der Waals surface area contributed by atoms with Gasteiger partial charge in [-0.1, -0.05) is 0 Å². The van der Waals surface area contributed by atoms with E-state index >= 15 is 0 Å². The maximum Gasteiger partial charge on any atom is 0.299 e. The summed E-state index contributed by atoms with van der Waals surface area (Å²) in [6, 6.07) is 3.32. The fraction of sp³-hybridized carbons (Fsp3) is 0.455. The molecular weight excluding hydrogens is 270 g/mol. The zero-order valence-electron chi connectivity index (χ0n) is 10.4. The molecule has 1 heterocycles. The summed E-state index contributed by atoms with van der Waals surface area (Å²) in [5.74, 6) is 0. The number of nitrogens with one attached hydrogen (secondary N) is 1. The molecule has 1 unspecified atom stereocenters. The van der Waals surface area contributed by atoms with Gasteiger partial charge >= 0.3 is 0 Å². The van der Waals surface area contributed by atoms with E-state index in [0.717, 1.165) is 6.07 Å². The first-order valence-electron chi connectivity index (χ1n) is 5.88. The Morgan fingerprint density at radius 3 is 2.65 bits per heavy atom. The molecule has 0 amide bonds. The van der Waals surface area contributed by atoms with Crippen molar-refractivity contribution in [3.05, 3.63) is 38.4 Å². The third kappa shape index (κ3) is 3.00. The van der Waals surface area contributed by atoms with Crippen LogP contribution in [-0.2, 0) is 4.74 Å². The van der Waals surface area contributed by atoms with Crippen molar-refractivity contribution in [2.45, 2.75) is 12.0 Å². The van der Waals surface area contributed by atoms with Crippen molar-refractivity contribution in [3.63, 3.8) is 0 Å². The highest BCUT2D eigenvalue weighted by Gasteiger charge is 2.32. The van der Waals surface area contributed by atoms with Gasteiger partial charge < -0.3 is 15.2 Å². The molecule has 1 aromatic rings. The van der Waals surface area contributed by atoms with Crippen LogP contribution >= 0.6 is 0 Å². The zero-order chi connectivity index (χ0) is 14.8. The Hall–Kier alpha value is -2.26. The van der Waals surface area contributed by atoms with Gasteiger partial charge in [-0.15, -0.1) is 0 Å². The standard InChI is InChI=1S/C11H13N3O6/c15-11(3-4-20-7-11)6-12-9-2-1-8(13(16)17)5-10(9)14(18)19/h1-2,5,12,15H,3-4,6-7H2. The molecular formula is C11H13N3O6. The van der Waals surface area contributed by atoms with Crippen molar-refractivity contribution in [1.29, 1.82) is 0 Å². The van der Waals surface area contributed by atoms with Crippen molar-refractivity contribution < 1.29 is 19.7 Å². The second-order valence-electron chi connectivity index (χ2n) is 4.60. The Kier molecular flexibility index (Phi) is 3.81. The van der Waals surface area contributed by atoms with Gasteiger partial charge in [0.25, 0.3) is 11.4 Å². The predicted octanol–water partition coefficient (Wildman–Crippen LogP) is 1.07. The van der Waals surface area contributed by atoms with Gasteiger partial charge in [-0.05, 0) is 6.07 Å². The predicted molar refractivity (Wildman–Crippen MR) is 68.6 cm³/mol. The number of hydrogen-bond donors (Lipinski definition) is 2. The number of nitrogens with zero attached hydrogens (tertiary/aromatic N) is 2. The minimum Gasteiger partial charge on any atom is -0.386 e. The van der Waals surface area contributed by atoms with Crippen LogP contribution in [0.15, 0.2) is 18.2 Å². The topological polar surface area (TPSA) is 128 Å². The van der Waals surface area contributed by atoms with Crippen LogP contribution in [0.1, 0.15) is 6.42 Å². The average molecular weight is 283 g/mol. The van der Waals surface area contributed by atoms with Crippen molar-refractivity contribution in [1.82, 2.24) is 0 Å². The summed E-state index contributed by atoms with van der Waals surface area (Å²) >= 11 is 0. The molecule has 108 valence electrons. The number of benzene rings is 1. The van der Waals surface area contributed by atoms with E-state index in [-0.39, 0.29) is 24.5 Å². The second kappa shape index (κ2) is 5.39. The highest BCUT2D eigenvalue weighted by Crippen LogP contribution is 2.30. The van der Waals surface area contributed by atoms with Crippen LogP contribution in [0.2, 0.25) is 0 Å². The molecule has 0 aromatic heterocycles. The van der Waals surface area contributed by atoms with Gasteiger partial charge in [-0.2, -0.15) is 0 Å². The molecule has 2 N–H and O–H groups in total. The third-order valence-corrected chi connectivity index (χ3v) is 3.08. The van der Waals surface area contributed by atoms with Crippen LogP contribution in [-0.4, -0.2) is 40.3 Å². The number of nitro benzene ring substituents is 2. The van der Waals surface area contributed by atoms with Gasteiger partial charge in [0.1, 0.15) is 11.3 Å². The number of ether oxygens (including phenoxy) is 1. The smallest absolute Gasteiger partial charge is 0.299 e. The summed E-state index contributed by atoms with van der Waals surface area (Å²) in [5.41, 5.74) is -1.71. The molecule has 1 aliphatic rings. The van der Waals surface area contributed by atoms with E-state index in [4.69, 9.17) is 4.74 Å². The van der Waals surface area contributed by atoms with Gasteiger partial charge in [-0.3, -0.25) is 20.2 Å². The first kappa shape index (κ1) is 14.2. The Bertz CT molecular complexity index is 541. The maximum atomic E-state index is 10.9. The summed E-state index contributed by atoms with van der Waals surface area (Å²) in [6.07, 6.45) is 0.431. The largest absolute Gasteiger partial charge is 0.386 e. The first-order valence-corrected chi connectivity index (χ1v) is 5.88. The van der Waals surface area contributed by atoms with Crippen molar-refractivity contribution >= 4 is 17.1 Å². The fourth-order valence-corrected chi connectivity index (χ4v) is 1.93. The molecule has 2 rings (SSSR count). The number of nitro groups is 2. The quantitative estimate of drug-likeness (QED) is 0.610. The van der Waals surface area contributed by atoms with Crippen LogP contribution in [0, 0.1) is 20.2 Å². The molecule has 1 fully saturated rings.